The Morgan fingerprint density at radius 3 is 3.00 bits per heavy atom. The van der Waals surface area contributed by atoms with Crippen molar-refractivity contribution in [2.75, 3.05) is 26.8 Å². The molecule has 0 bridgehead atoms. The van der Waals surface area contributed by atoms with Gasteiger partial charge in [0.1, 0.15) is 11.5 Å². The van der Waals surface area contributed by atoms with Crippen LogP contribution in [0.15, 0.2) is 29.8 Å². The zero-order chi connectivity index (χ0) is 18.4. The molecule has 0 saturated carbocycles. The van der Waals surface area contributed by atoms with Crippen molar-refractivity contribution >= 4 is 17.2 Å². The third-order valence-electron chi connectivity index (χ3n) is 4.81. The SMILES string of the molecule is COc1cccc(OC[C@@H]2CCCN(C(=O)CCc3scnc3C)C2)c1. The molecule has 5 nitrogen and oxygen atoms in total. The lowest BCUT2D eigenvalue weighted by molar-refractivity contribution is -0.133. The average Bonchev–Trinajstić information content (AvgIpc) is 3.09. The molecule has 1 aromatic heterocycles. The van der Waals surface area contributed by atoms with Gasteiger partial charge < -0.3 is 14.4 Å². The Hall–Kier alpha value is -2.08. The van der Waals surface area contributed by atoms with Gasteiger partial charge in [-0.05, 0) is 38.3 Å². The molecule has 1 fully saturated rings. The summed E-state index contributed by atoms with van der Waals surface area (Å²) in [4.78, 5) is 20.0. The molecule has 6 heteroatoms. The van der Waals surface area contributed by atoms with Crippen LogP contribution in [0, 0.1) is 12.8 Å². The monoisotopic (exact) mass is 374 g/mol. The van der Waals surface area contributed by atoms with Crippen LogP contribution in [-0.2, 0) is 11.2 Å². The predicted octanol–water partition coefficient (Wildman–Crippen LogP) is 3.71. The second kappa shape index (κ2) is 9.03. The molecule has 26 heavy (non-hydrogen) atoms. The van der Waals surface area contributed by atoms with Crippen molar-refractivity contribution in [1.29, 1.82) is 0 Å². The molecule has 0 radical (unpaired) electrons. The summed E-state index contributed by atoms with van der Waals surface area (Å²) in [6.45, 7) is 4.27. The molecule has 2 aromatic rings. The lowest BCUT2D eigenvalue weighted by Crippen LogP contribution is -2.41. The van der Waals surface area contributed by atoms with E-state index in [4.69, 9.17) is 9.47 Å². The largest absolute Gasteiger partial charge is 0.497 e. The molecule has 0 N–H and O–H groups in total. The highest BCUT2D eigenvalue weighted by Gasteiger charge is 2.24. The van der Waals surface area contributed by atoms with Crippen molar-refractivity contribution in [3.63, 3.8) is 0 Å². The van der Waals surface area contributed by atoms with E-state index in [0.717, 1.165) is 49.5 Å². The zero-order valence-electron chi connectivity index (χ0n) is 15.4. The smallest absolute Gasteiger partial charge is 0.222 e. The predicted molar refractivity (Wildman–Crippen MR) is 103 cm³/mol. The Morgan fingerprint density at radius 2 is 2.23 bits per heavy atom. The first kappa shape index (κ1) is 18.7. The number of rotatable bonds is 7. The van der Waals surface area contributed by atoms with Gasteiger partial charge in [-0.25, -0.2) is 4.98 Å². The number of nitrogens with zero attached hydrogens (tertiary/aromatic N) is 2. The van der Waals surface area contributed by atoms with Gasteiger partial charge in [-0.3, -0.25) is 4.79 Å². The maximum atomic E-state index is 12.6. The van der Waals surface area contributed by atoms with Crippen LogP contribution in [0.25, 0.3) is 0 Å². The molecule has 140 valence electrons. The van der Waals surface area contributed by atoms with E-state index >= 15 is 0 Å². The Morgan fingerprint density at radius 1 is 1.38 bits per heavy atom. The number of aromatic nitrogens is 1. The van der Waals surface area contributed by atoms with E-state index in [9.17, 15) is 4.79 Å². The maximum absolute atomic E-state index is 12.6. The number of hydrogen-bond acceptors (Lipinski definition) is 5. The molecule has 1 aliphatic rings. The Balaban J connectivity index is 1.47. The van der Waals surface area contributed by atoms with E-state index in [-0.39, 0.29) is 5.91 Å². The van der Waals surface area contributed by atoms with Crippen LogP contribution >= 0.6 is 11.3 Å². The number of carbonyl (C=O) groups excluding carboxylic acids is 1. The summed E-state index contributed by atoms with van der Waals surface area (Å²) < 4.78 is 11.2. The van der Waals surface area contributed by atoms with Gasteiger partial charge in [-0.2, -0.15) is 0 Å². The van der Waals surface area contributed by atoms with Crippen LogP contribution in [0.4, 0.5) is 0 Å². The van der Waals surface area contributed by atoms with Gasteiger partial charge in [0, 0.05) is 36.4 Å². The Kier molecular flexibility index (Phi) is 6.50. The third-order valence-corrected chi connectivity index (χ3v) is 5.80. The maximum Gasteiger partial charge on any atom is 0.222 e. The van der Waals surface area contributed by atoms with Gasteiger partial charge >= 0.3 is 0 Å². The summed E-state index contributed by atoms with van der Waals surface area (Å²) in [7, 11) is 1.65. The zero-order valence-corrected chi connectivity index (χ0v) is 16.3. The van der Waals surface area contributed by atoms with Crippen LogP contribution in [0.3, 0.4) is 0 Å². The third kappa shape index (κ3) is 4.97. The highest BCUT2D eigenvalue weighted by Crippen LogP contribution is 2.23. The standard InChI is InChI=1S/C20H26N2O3S/c1-15-19(26-14-21-15)8-9-20(23)22-10-4-5-16(12-22)13-25-18-7-3-6-17(11-18)24-2/h3,6-7,11,14,16H,4-5,8-10,12-13H2,1-2H3/t16-/m1/s1. The van der Waals surface area contributed by atoms with Crippen molar-refractivity contribution in [1.82, 2.24) is 9.88 Å². The quantitative estimate of drug-likeness (QED) is 0.741. The number of methoxy groups -OCH3 is 1. The Bertz CT molecular complexity index is 731. The van der Waals surface area contributed by atoms with Crippen molar-refractivity contribution < 1.29 is 14.3 Å². The van der Waals surface area contributed by atoms with Crippen molar-refractivity contribution in [2.45, 2.75) is 32.6 Å². The van der Waals surface area contributed by atoms with E-state index < -0.39 is 0 Å². The van der Waals surface area contributed by atoms with E-state index in [0.29, 0.717) is 18.9 Å². The second-order valence-electron chi connectivity index (χ2n) is 6.70. The van der Waals surface area contributed by atoms with Crippen LogP contribution < -0.4 is 9.47 Å². The van der Waals surface area contributed by atoms with Crippen LogP contribution in [-0.4, -0.2) is 42.6 Å². The van der Waals surface area contributed by atoms with Crippen molar-refractivity contribution in [2.24, 2.45) is 5.92 Å². The molecule has 1 atom stereocenters. The van der Waals surface area contributed by atoms with E-state index in [1.165, 1.54) is 4.88 Å². The molecular weight excluding hydrogens is 348 g/mol. The first-order valence-corrected chi connectivity index (χ1v) is 9.97. The first-order chi connectivity index (χ1) is 12.7. The number of carbonyl (C=O) groups is 1. The minimum atomic E-state index is 0.240. The molecule has 1 aliphatic heterocycles. The minimum absolute atomic E-state index is 0.240. The molecule has 1 saturated heterocycles. The van der Waals surface area contributed by atoms with Crippen LogP contribution in [0.1, 0.15) is 29.8 Å². The van der Waals surface area contributed by atoms with Gasteiger partial charge in [0.05, 0.1) is 24.9 Å². The van der Waals surface area contributed by atoms with Gasteiger partial charge in [-0.1, -0.05) is 6.07 Å². The number of likely N-dealkylation sites (tertiary alicyclic amines) is 1. The van der Waals surface area contributed by atoms with Gasteiger partial charge in [0.25, 0.3) is 0 Å². The molecule has 1 amide bonds. The van der Waals surface area contributed by atoms with E-state index in [1.807, 2.05) is 41.6 Å². The van der Waals surface area contributed by atoms with Crippen molar-refractivity contribution in [3.05, 3.63) is 40.3 Å². The van der Waals surface area contributed by atoms with Crippen molar-refractivity contribution in [3.8, 4) is 11.5 Å². The van der Waals surface area contributed by atoms with Gasteiger partial charge in [0.2, 0.25) is 5.91 Å². The average molecular weight is 375 g/mol. The summed E-state index contributed by atoms with van der Waals surface area (Å²) in [5, 5.41) is 0. The summed E-state index contributed by atoms with van der Waals surface area (Å²) in [5.41, 5.74) is 2.90. The Labute approximate surface area is 159 Å². The molecule has 3 rings (SSSR count). The highest BCUT2D eigenvalue weighted by atomic mass is 32.1. The fourth-order valence-corrected chi connectivity index (χ4v) is 4.06. The lowest BCUT2D eigenvalue weighted by atomic mass is 9.98. The van der Waals surface area contributed by atoms with Crippen LogP contribution in [0.2, 0.25) is 0 Å². The lowest BCUT2D eigenvalue weighted by Gasteiger charge is -2.32. The van der Waals surface area contributed by atoms with Crippen LogP contribution in [0.5, 0.6) is 11.5 Å². The fourth-order valence-electron chi connectivity index (χ4n) is 3.28. The number of benzene rings is 1. The molecule has 0 unspecified atom stereocenters. The van der Waals surface area contributed by atoms with Gasteiger partial charge in [0.15, 0.2) is 0 Å². The normalized spacial score (nSPS) is 17.2. The fraction of sp³-hybridized carbons (Fsp3) is 0.500. The summed E-state index contributed by atoms with van der Waals surface area (Å²) in [6, 6.07) is 7.65. The number of ether oxygens (including phenoxy) is 2. The van der Waals surface area contributed by atoms with E-state index in [1.54, 1.807) is 18.4 Å². The molecule has 0 aliphatic carbocycles. The summed E-state index contributed by atoms with van der Waals surface area (Å²) in [6.07, 6.45) is 3.49. The highest BCUT2D eigenvalue weighted by molar-refractivity contribution is 7.09. The van der Waals surface area contributed by atoms with E-state index in [2.05, 4.69) is 4.98 Å². The topological polar surface area (TPSA) is 51.7 Å². The number of amides is 1. The summed E-state index contributed by atoms with van der Waals surface area (Å²) in [5.74, 6) is 2.22. The summed E-state index contributed by atoms with van der Waals surface area (Å²) >= 11 is 1.64. The first-order valence-electron chi connectivity index (χ1n) is 9.09. The molecular formula is C20H26N2O3S. The number of thiazole rings is 1. The number of aryl methyl sites for hydroxylation is 2. The second-order valence-corrected chi connectivity index (χ2v) is 7.64. The number of piperidine rings is 1. The van der Waals surface area contributed by atoms with Gasteiger partial charge in [-0.15, -0.1) is 11.3 Å². The molecule has 1 aromatic carbocycles. The minimum Gasteiger partial charge on any atom is -0.497 e. The molecule has 2 heterocycles. The molecule has 0 spiro atoms. The number of hydrogen-bond donors (Lipinski definition) is 0.